The second-order valence-electron chi connectivity index (χ2n) is 12.2. The fourth-order valence-electron chi connectivity index (χ4n) is 5.79. The van der Waals surface area contributed by atoms with Crippen molar-refractivity contribution in [2.45, 2.75) is 81.1 Å². The van der Waals surface area contributed by atoms with Gasteiger partial charge in [-0.3, -0.25) is 15.1 Å². The van der Waals surface area contributed by atoms with Gasteiger partial charge in [0, 0.05) is 35.5 Å². The molecule has 3 aliphatic heterocycles. The lowest BCUT2D eigenvalue weighted by molar-refractivity contribution is -0.137. The Balaban J connectivity index is 1.06. The van der Waals surface area contributed by atoms with Gasteiger partial charge in [0.05, 0.1) is 6.33 Å². The van der Waals surface area contributed by atoms with E-state index in [0.717, 1.165) is 35.1 Å². The molecule has 2 amide bonds. The molecule has 2 saturated heterocycles. The maximum Gasteiger partial charge on any atom is 0.410 e. The summed E-state index contributed by atoms with van der Waals surface area (Å²) in [5.41, 5.74) is 0.838. The Kier molecular flexibility index (Phi) is 8.33. The number of imidazole rings is 1. The van der Waals surface area contributed by atoms with Gasteiger partial charge in [0.1, 0.15) is 17.2 Å². The molecule has 43 heavy (non-hydrogen) atoms. The van der Waals surface area contributed by atoms with Crippen molar-refractivity contribution in [3.63, 3.8) is 0 Å². The molecular formula is C29H36BrN7O5S. The molecule has 0 unspecified atom stereocenters. The highest BCUT2D eigenvalue weighted by Crippen LogP contribution is 2.42. The quantitative estimate of drug-likeness (QED) is 0.376. The molecular weight excluding hydrogens is 638 g/mol. The molecule has 0 radical (unpaired) electrons. The van der Waals surface area contributed by atoms with Gasteiger partial charge in [-0.2, -0.15) is 0 Å². The maximum absolute atomic E-state index is 13.4. The molecule has 1 atom stereocenters. The molecule has 0 aliphatic carbocycles. The summed E-state index contributed by atoms with van der Waals surface area (Å²) in [4.78, 5) is 42.9. The third-order valence-electron chi connectivity index (χ3n) is 8.00. The summed E-state index contributed by atoms with van der Waals surface area (Å²) in [5, 5.41) is 8.98. The molecule has 0 spiro atoms. The third-order valence-corrected chi connectivity index (χ3v) is 9.87. The number of hydrogen-bond acceptors (Lipinski definition) is 9. The molecule has 0 bridgehead atoms. The van der Waals surface area contributed by atoms with E-state index in [-0.39, 0.29) is 18.2 Å². The predicted octanol–water partition coefficient (Wildman–Crippen LogP) is 4.91. The Labute approximate surface area is 262 Å². The molecule has 14 heteroatoms. The number of carbonyl (C=O) groups is 2. The number of rotatable bonds is 6. The Bertz CT molecular complexity index is 1590. The van der Waals surface area contributed by atoms with Crippen LogP contribution < -0.4 is 15.0 Å². The van der Waals surface area contributed by atoms with E-state index in [0.29, 0.717) is 66.3 Å². The van der Waals surface area contributed by atoms with Crippen molar-refractivity contribution in [2.75, 3.05) is 26.4 Å². The highest BCUT2D eigenvalue weighted by atomic mass is 79.9. The lowest BCUT2D eigenvalue weighted by atomic mass is 9.93. The molecule has 0 saturated carbocycles. The van der Waals surface area contributed by atoms with Gasteiger partial charge >= 0.3 is 6.09 Å². The van der Waals surface area contributed by atoms with Gasteiger partial charge in [0.25, 0.3) is 0 Å². The standard InChI is InChI=1S/C29H36BrN7O5S/c1-29(2,3)42-28(39)37-9-4-5-19(37)26(38)35-10-6-17(7-11-35)8-12-36-15-32-24(31)23-25(36)34-27(33-23)43-22-14-21-20(13-18(22)30)40-16-41-21/h13-15,17,19,31H,4-12,16H2,1-3H3,(H,33,34)/t19-/m0/s1. The van der Waals surface area contributed by atoms with Crippen LogP contribution in [0.4, 0.5) is 4.79 Å². The van der Waals surface area contributed by atoms with Crippen LogP contribution in [0.25, 0.3) is 11.2 Å². The fraction of sp³-hybridized carbons (Fsp3) is 0.552. The van der Waals surface area contributed by atoms with E-state index < -0.39 is 17.7 Å². The van der Waals surface area contributed by atoms with E-state index in [1.54, 1.807) is 11.2 Å². The Morgan fingerprint density at radius 1 is 1.16 bits per heavy atom. The molecule has 5 heterocycles. The maximum atomic E-state index is 13.4. The predicted molar refractivity (Wildman–Crippen MR) is 162 cm³/mol. The van der Waals surface area contributed by atoms with E-state index in [1.165, 1.54) is 11.8 Å². The number of benzene rings is 1. The average Bonchev–Trinajstić information content (AvgIpc) is 3.72. The minimum Gasteiger partial charge on any atom is -0.454 e. The minimum absolute atomic E-state index is 0.0313. The zero-order valence-electron chi connectivity index (χ0n) is 24.5. The first-order valence-corrected chi connectivity index (χ1v) is 16.2. The van der Waals surface area contributed by atoms with Gasteiger partial charge in [-0.15, -0.1) is 0 Å². The van der Waals surface area contributed by atoms with Gasteiger partial charge < -0.3 is 28.7 Å². The van der Waals surface area contributed by atoms with Crippen molar-refractivity contribution in [2.24, 2.45) is 5.92 Å². The number of carbonyl (C=O) groups excluding carboxylic acids is 2. The summed E-state index contributed by atoms with van der Waals surface area (Å²) in [5.74, 6) is 1.87. The molecule has 12 nitrogen and oxygen atoms in total. The van der Waals surface area contributed by atoms with Gasteiger partial charge in [0.15, 0.2) is 27.8 Å². The molecule has 3 aromatic rings. The number of H-pyrrole nitrogens is 1. The Morgan fingerprint density at radius 2 is 1.91 bits per heavy atom. The molecule has 2 N–H and O–H groups in total. The van der Waals surface area contributed by atoms with Crippen molar-refractivity contribution in [3.05, 3.63) is 28.4 Å². The lowest BCUT2D eigenvalue weighted by Gasteiger charge is -2.36. The Morgan fingerprint density at radius 3 is 2.65 bits per heavy atom. The third kappa shape index (κ3) is 6.49. The average molecular weight is 675 g/mol. The van der Waals surface area contributed by atoms with E-state index in [9.17, 15) is 9.59 Å². The molecule has 6 rings (SSSR count). The number of halogens is 1. The minimum atomic E-state index is -0.591. The number of fused-ring (bicyclic) bond motifs is 2. The van der Waals surface area contributed by atoms with Gasteiger partial charge in [-0.1, -0.05) is 11.8 Å². The normalized spacial score (nSPS) is 18.9. The van der Waals surface area contributed by atoms with Gasteiger partial charge in [0.2, 0.25) is 12.7 Å². The number of nitrogens with one attached hydrogen (secondary N) is 2. The van der Waals surface area contributed by atoms with E-state index >= 15 is 0 Å². The summed E-state index contributed by atoms with van der Waals surface area (Å²) < 4.78 is 19.4. The van der Waals surface area contributed by atoms with Gasteiger partial charge in [-0.25, -0.2) is 14.8 Å². The zero-order valence-corrected chi connectivity index (χ0v) is 26.9. The van der Waals surface area contributed by atoms with Crippen LogP contribution in [0.3, 0.4) is 0 Å². The summed E-state index contributed by atoms with van der Waals surface area (Å²) in [7, 11) is 0. The smallest absolute Gasteiger partial charge is 0.410 e. The number of amides is 2. The zero-order chi connectivity index (χ0) is 30.3. The van der Waals surface area contributed by atoms with Gasteiger partial charge in [-0.05, 0) is 86.9 Å². The summed E-state index contributed by atoms with van der Waals surface area (Å²) in [6.07, 6.45) is 5.48. The number of nitrogens with zero attached hydrogens (tertiary/aromatic N) is 5. The van der Waals surface area contributed by atoms with Crippen LogP contribution in [0.2, 0.25) is 0 Å². The highest BCUT2D eigenvalue weighted by molar-refractivity contribution is 9.10. The molecule has 1 aromatic carbocycles. The number of piperidine rings is 1. The lowest BCUT2D eigenvalue weighted by Crippen LogP contribution is -2.50. The molecule has 3 aliphatic rings. The monoisotopic (exact) mass is 673 g/mol. The number of aryl methyl sites for hydroxylation is 1. The van der Waals surface area contributed by atoms with Crippen LogP contribution in [-0.2, 0) is 16.1 Å². The molecule has 2 fully saturated rings. The summed E-state index contributed by atoms with van der Waals surface area (Å²) >= 11 is 5.04. The first kappa shape index (κ1) is 29.8. The topological polar surface area (TPSA) is 139 Å². The SMILES string of the molecule is CC(C)(C)OC(=O)N1CCC[C@H]1C(=O)N1CCC(CCn2cnc(=N)c3[nH]c(Sc4cc5c(cc4Br)OCO5)nc32)CC1. The largest absolute Gasteiger partial charge is 0.454 e. The van der Waals surface area contributed by atoms with Crippen LogP contribution in [0, 0.1) is 11.3 Å². The summed E-state index contributed by atoms with van der Waals surface area (Å²) in [6.45, 7) is 8.35. The molecule has 2 aromatic heterocycles. The number of likely N-dealkylation sites (tertiary alicyclic amines) is 2. The van der Waals surface area contributed by atoms with Crippen LogP contribution in [0.1, 0.15) is 52.9 Å². The number of aromatic amines is 1. The van der Waals surface area contributed by atoms with E-state index in [4.69, 9.17) is 24.6 Å². The first-order valence-electron chi connectivity index (χ1n) is 14.6. The van der Waals surface area contributed by atoms with Crippen LogP contribution in [0.15, 0.2) is 33.0 Å². The first-order chi connectivity index (χ1) is 20.6. The second kappa shape index (κ2) is 12.0. The number of aromatic nitrogens is 4. The summed E-state index contributed by atoms with van der Waals surface area (Å²) in [6, 6.07) is 3.36. The van der Waals surface area contributed by atoms with Crippen molar-refractivity contribution in [3.8, 4) is 11.5 Å². The fourth-order valence-corrected chi connectivity index (χ4v) is 7.17. The van der Waals surface area contributed by atoms with Crippen molar-refractivity contribution in [1.29, 1.82) is 5.41 Å². The Hall–Kier alpha value is -3.26. The van der Waals surface area contributed by atoms with Crippen LogP contribution >= 0.6 is 27.7 Å². The molecule has 230 valence electrons. The number of ether oxygens (including phenoxy) is 3. The van der Waals surface area contributed by atoms with E-state index in [2.05, 4.69) is 25.9 Å². The van der Waals surface area contributed by atoms with Crippen molar-refractivity contribution < 1.29 is 23.8 Å². The van der Waals surface area contributed by atoms with Crippen LogP contribution in [-0.4, -0.2) is 79.4 Å². The number of hydrogen-bond donors (Lipinski definition) is 2. The van der Waals surface area contributed by atoms with E-state index in [1.807, 2.05) is 42.4 Å². The second-order valence-corrected chi connectivity index (χ2v) is 14.0. The van der Waals surface area contributed by atoms with Crippen LogP contribution in [0.5, 0.6) is 11.5 Å². The van der Waals surface area contributed by atoms with Crippen molar-refractivity contribution >= 4 is 50.9 Å². The highest BCUT2D eigenvalue weighted by Gasteiger charge is 2.39. The van der Waals surface area contributed by atoms with Crippen molar-refractivity contribution in [1.82, 2.24) is 29.3 Å².